The molecule has 0 spiro atoms. The van der Waals surface area contributed by atoms with Crippen LogP contribution in [0.2, 0.25) is 0 Å². The Morgan fingerprint density at radius 2 is 1.00 bits per heavy atom. The molecule has 0 atom stereocenters. The van der Waals surface area contributed by atoms with Crippen molar-refractivity contribution in [3.8, 4) is 22.5 Å². The summed E-state index contributed by atoms with van der Waals surface area (Å²) in [5.41, 5.74) is 6.72. The van der Waals surface area contributed by atoms with Crippen molar-refractivity contribution < 1.29 is 0 Å². The Hall–Kier alpha value is -3.14. The minimum Gasteiger partial charge on any atom is -0.250 e. The molecule has 2 heterocycles. The van der Waals surface area contributed by atoms with Gasteiger partial charge in [0.05, 0.1) is 11.4 Å². The van der Waals surface area contributed by atoms with Gasteiger partial charge in [-0.15, -0.1) is 0 Å². The molecule has 0 unspecified atom stereocenters. The molecule has 0 N–H and O–H groups in total. The number of aromatic nitrogens is 4. The van der Waals surface area contributed by atoms with Crippen molar-refractivity contribution in [3.05, 3.63) is 84.2 Å². The molecule has 0 aliphatic carbocycles. The van der Waals surface area contributed by atoms with Crippen LogP contribution in [-0.2, 0) is 6.67 Å². The average Bonchev–Trinajstić information content (AvgIpc) is 3.27. The summed E-state index contributed by atoms with van der Waals surface area (Å²) in [5, 5.41) is 9.31. The highest BCUT2D eigenvalue weighted by molar-refractivity contribution is 5.59. The lowest BCUT2D eigenvalue weighted by atomic mass is 10.1. The fraction of sp³-hybridized carbons (Fsp3) is 0.143. The van der Waals surface area contributed by atoms with E-state index in [1.54, 1.807) is 0 Å². The molecule has 0 bridgehead atoms. The van der Waals surface area contributed by atoms with E-state index in [-0.39, 0.29) is 0 Å². The van der Waals surface area contributed by atoms with Gasteiger partial charge in [0.15, 0.2) is 0 Å². The second-order valence-corrected chi connectivity index (χ2v) is 6.35. The fourth-order valence-electron chi connectivity index (χ4n) is 2.79. The highest BCUT2D eigenvalue weighted by Crippen LogP contribution is 2.19. The summed E-state index contributed by atoms with van der Waals surface area (Å²) < 4.78 is 3.81. The van der Waals surface area contributed by atoms with E-state index in [4.69, 9.17) is 0 Å². The van der Waals surface area contributed by atoms with Crippen molar-refractivity contribution in [1.29, 1.82) is 0 Å². The van der Waals surface area contributed by atoms with Crippen LogP contribution in [0.25, 0.3) is 22.5 Å². The largest absolute Gasteiger partial charge is 0.250 e. The molecular weight excluding hydrogens is 308 g/mol. The Labute approximate surface area is 147 Å². The second kappa shape index (κ2) is 6.40. The molecule has 25 heavy (non-hydrogen) atoms. The molecule has 4 heteroatoms. The van der Waals surface area contributed by atoms with Crippen molar-refractivity contribution in [2.75, 3.05) is 0 Å². The van der Waals surface area contributed by atoms with Gasteiger partial charge in [-0.25, -0.2) is 0 Å². The first-order valence-corrected chi connectivity index (χ1v) is 8.38. The third kappa shape index (κ3) is 3.38. The SMILES string of the molecule is Cc1ccc(-c2ccn(Cn3ccc(-c4ccc(C)cc4)n3)n2)cc1. The number of hydrogen-bond donors (Lipinski definition) is 0. The zero-order valence-electron chi connectivity index (χ0n) is 14.4. The number of hydrogen-bond acceptors (Lipinski definition) is 2. The predicted octanol–water partition coefficient (Wildman–Crippen LogP) is 4.54. The quantitative estimate of drug-likeness (QED) is 0.551. The summed E-state index contributed by atoms with van der Waals surface area (Å²) in [5.74, 6) is 0. The smallest absolute Gasteiger partial charge is 0.133 e. The van der Waals surface area contributed by atoms with Gasteiger partial charge in [-0.2, -0.15) is 10.2 Å². The molecule has 4 rings (SSSR count). The molecule has 2 aromatic heterocycles. The third-order valence-electron chi connectivity index (χ3n) is 4.27. The van der Waals surface area contributed by atoms with Gasteiger partial charge in [0, 0.05) is 23.5 Å². The maximum Gasteiger partial charge on any atom is 0.133 e. The topological polar surface area (TPSA) is 35.6 Å². The van der Waals surface area contributed by atoms with Crippen molar-refractivity contribution in [2.24, 2.45) is 0 Å². The molecule has 0 fully saturated rings. The zero-order chi connectivity index (χ0) is 17.2. The number of rotatable bonds is 4. The Balaban J connectivity index is 1.51. The van der Waals surface area contributed by atoms with Crippen molar-refractivity contribution >= 4 is 0 Å². The van der Waals surface area contributed by atoms with Gasteiger partial charge in [-0.05, 0) is 26.0 Å². The highest BCUT2D eigenvalue weighted by atomic mass is 15.4. The van der Waals surface area contributed by atoms with Gasteiger partial charge in [-0.1, -0.05) is 59.7 Å². The van der Waals surface area contributed by atoms with E-state index < -0.39 is 0 Å². The van der Waals surface area contributed by atoms with Crippen LogP contribution in [0.5, 0.6) is 0 Å². The molecule has 0 saturated carbocycles. The number of benzene rings is 2. The van der Waals surface area contributed by atoms with Gasteiger partial charge in [0.25, 0.3) is 0 Å². The van der Waals surface area contributed by atoms with E-state index in [9.17, 15) is 0 Å². The van der Waals surface area contributed by atoms with Gasteiger partial charge < -0.3 is 0 Å². The molecule has 0 aliphatic heterocycles. The molecule has 0 radical (unpaired) electrons. The number of aryl methyl sites for hydroxylation is 2. The first kappa shape index (κ1) is 15.4. The maximum absolute atomic E-state index is 4.65. The van der Waals surface area contributed by atoms with E-state index in [2.05, 4.69) is 72.6 Å². The first-order valence-electron chi connectivity index (χ1n) is 8.38. The average molecular weight is 328 g/mol. The molecule has 4 nitrogen and oxygen atoms in total. The molecular formula is C21H20N4. The van der Waals surface area contributed by atoms with Crippen LogP contribution < -0.4 is 0 Å². The monoisotopic (exact) mass is 328 g/mol. The van der Waals surface area contributed by atoms with Crippen LogP contribution in [0.15, 0.2) is 73.1 Å². The maximum atomic E-state index is 4.65. The second-order valence-electron chi connectivity index (χ2n) is 6.35. The summed E-state index contributed by atoms with van der Waals surface area (Å²) in [4.78, 5) is 0. The van der Waals surface area contributed by atoms with Crippen molar-refractivity contribution in [2.45, 2.75) is 20.5 Å². The normalized spacial score (nSPS) is 11.0. The standard InChI is InChI=1S/C21H20N4/c1-16-3-7-18(8-4-16)20-11-13-24(22-20)15-25-14-12-21(23-25)19-9-5-17(2)6-10-19/h3-14H,15H2,1-2H3. The summed E-state index contributed by atoms with van der Waals surface area (Å²) in [6, 6.07) is 20.9. The van der Waals surface area contributed by atoms with E-state index in [1.807, 2.05) is 33.9 Å². The van der Waals surface area contributed by atoms with Crippen molar-refractivity contribution in [3.63, 3.8) is 0 Å². The van der Waals surface area contributed by atoms with Crippen LogP contribution in [0.4, 0.5) is 0 Å². The zero-order valence-corrected chi connectivity index (χ0v) is 14.4. The summed E-state index contributed by atoms with van der Waals surface area (Å²) in [6.07, 6.45) is 3.98. The summed E-state index contributed by atoms with van der Waals surface area (Å²) >= 11 is 0. The van der Waals surface area contributed by atoms with Crippen LogP contribution in [-0.4, -0.2) is 19.6 Å². The van der Waals surface area contributed by atoms with Gasteiger partial charge in [0.1, 0.15) is 6.67 Å². The molecule has 124 valence electrons. The minimum atomic E-state index is 0.595. The summed E-state index contributed by atoms with van der Waals surface area (Å²) in [6.45, 7) is 4.77. The van der Waals surface area contributed by atoms with Gasteiger partial charge >= 0.3 is 0 Å². The molecule has 0 saturated heterocycles. The Morgan fingerprint density at radius 1 is 0.600 bits per heavy atom. The Morgan fingerprint density at radius 3 is 1.40 bits per heavy atom. The Kier molecular flexibility index (Phi) is 3.94. The highest BCUT2D eigenvalue weighted by Gasteiger charge is 2.05. The van der Waals surface area contributed by atoms with Crippen LogP contribution >= 0.6 is 0 Å². The first-order chi connectivity index (χ1) is 12.2. The molecule has 0 amide bonds. The van der Waals surface area contributed by atoms with E-state index in [0.717, 1.165) is 22.5 Å². The van der Waals surface area contributed by atoms with E-state index in [0.29, 0.717) is 6.67 Å². The fourth-order valence-corrected chi connectivity index (χ4v) is 2.79. The van der Waals surface area contributed by atoms with Crippen LogP contribution in [0, 0.1) is 13.8 Å². The lowest BCUT2D eigenvalue weighted by Gasteiger charge is -2.02. The van der Waals surface area contributed by atoms with E-state index in [1.165, 1.54) is 11.1 Å². The van der Waals surface area contributed by atoms with Crippen molar-refractivity contribution in [1.82, 2.24) is 19.6 Å². The number of nitrogens with zero attached hydrogens (tertiary/aromatic N) is 4. The van der Waals surface area contributed by atoms with Crippen LogP contribution in [0.1, 0.15) is 11.1 Å². The summed E-state index contributed by atoms with van der Waals surface area (Å²) in [7, 11) is 0. The van der Waals surface area contributed by atoms with Crippen LogP contribution in [0.3, 0.4) is 0 Å². The van der Waals surface area contributed by atoms with E-state index >= 15 is 0 Å². The third-order valence-corrected chi connectivity index (χ3v) is 4.27. The lowest BCUT2D eigenvalue weighted by Crippen LogP contribution is -2.09. The predicted molar refractivity (Wildman–Crippen MR) is 100 cm³/mol. The van der Waals surface area contributed by atoms with Gasteiger partial charge in [-0.3, -0.25) is 9.36 Å². The Bertz CT molecular complexity index is 894. The lowest BCUT2D eigenvalue weighted by molar-refractivity contribution is 0.505. The molecule has 4 aromatic rings. The molecule has 0 aliphatic rings. The minimum absolute atomic E-state index is 0.595. The molecule has 2 aromatic carbocycles. The van der Waals surface area contributed by atoms with Gasteiger partial charge in [0.2, 0.25) is 0 Å².